The number of rotatable bonds is 7. The fourth-order valence-corrected chi connectivity index (χ4v) is 3.53. The maximum Gasteiger partial charge on any atom is 0.251 e. The van der Waals surface area contributed by atoms with E-state index in [1.165, 1.54) is 0 Å². The maximum atomic E-state index is 12.7. The molecule has 1 fully saturated rings. The Morgan fingerprint density at radius 2 is 2.15 bits per heavy atom. The van der Waals surface area contributed by atoms with Gasteiger partial charge in [0.15, 0.2) is 0 Å². The van der Waals surface area contributed by atoms with Crippen molar-refractivity contribution in [1.82, 2.24) is 16.0 Å². The number of hydrogen-bond donors (Lipinski definition) is 3. The fraction of sp³-hybridized carbons (Fsp3) is 0.579. The fourth-order valence-electron chi connectivity index (χ4n) is 3.06. The van der Waals surface area contributed by atoms with Crippen molar-refractivity contribution < 1.29 is 9.59 Å². The summed E-state index contributed by atoms with van der Waals surface area (Å²) in [7, 11) is 0. The van der Waals surface area contributed by atoms with E-state index in [2.05, 4.69) is 22.9 Å². The normalized spacial score (nSPS) is 20.6. The minimum absolute atomic E-state index is 0. The molecule has 1 aromatic rings. The van der Waals surface area contributed by atoms with E-state index in [4.69, 9.17) is 0 Å². The third-order valence-electron chi connectivity index (χ3n) is 4.60. The van der Waals surface area contributed by atoms with E-state index in [0.29, 0.717) is 12.0 Å². The summed E-state index contributed by atoms with van der Waals surface area (Å²) in [5, 5.41) is 9.42. The second-order valence-corrected chi connectivity index (χ2v) is 7.66. The zero-order chi connectivity index (χ0) is 18.2. The molecule has 7 heteroatoms. The van der Waals surface area contributed by atoms with Gasteiger partial charge < -0.3 is 16.0 Å². The highest BCUT2D eigenvalue weighted by molar-refractivity contribution is 7.98. The Morgan fingerprint density at radius 3 is 2.81 bits per heavy atom. The van der Waals surface area contributed by atoms with Crippen molar-refractivity contribution in [2.75, 3.05) is 18.6 Å². The van der Waals surface area contributed by atoms with E-state index in [9.17, 15) is 9.59 Å². The lowest BCUT2D eigenvalue weighted by Crippen LogP contribution is -2.56. The molecule has 0 aliphatic carbocycles. The van der Waals surface area contributed by atoms with Crippen LogP contribution in [-0.2, 0) is 4.79 Å². The molecule has 0 bridgehead atoms. The topological polar surface area (TPSA) is 70.2 Å². The van der Waals surface area contributed by atoms with Gasteiger partial charge in [-0.25, -0.2) is 0 Å². The van der Waals surface area contributed by atoms with Crippen LogP contribution in [0.25, 0.3) is 0 Å². The first-order chi connectivity index (χ1) is 12.0. The van der Waals surface area contributed by atoms with E-state index in [1.807, 2.05) is 31.4 Å². The van der Waals surface area contributed by atoms with Crippen molar-refractivity contribution in [2.45, 2.75) is 51.2 Å². The molecule has 0 saturated carbocycles. The predicted molar refractivity (Wildman–Crippen MR) is 111 cm³/mol. The molecule has 1 saturated heterocycles. The highest BCUT2D eigenvalue weighted by Crippen LogP contribution is 2.10. The predicted octanol–water partition coefficient (Wildman–Crippen LogP) is 2.53. The molecule has 3 unspecified atom stereocenters. The van der Waals surface area contributed by atoms with Crippen LogP contribution in [-0.4, -0.2) is 48.5 Å². The van der Waals surface area contributed by atoms with Gasteiger partial charge in [0.25, 0.3) is 5.91 Å². The number of aryl methyl sites for hydroxylation is 1. The van der Waals surface area contributed by atoms with Gasteiger partial charge in [-0.3, -0.25) is 9.59 Å². The zero-order valence-corrected chi connectivity index (χ0v) is 17.3. The lowest BCUT2D eigenvalue weighted by atomic mass is 9.99. The van der Waals surface area contributed by atoms with Gasteiger partial charge in [-0.1, -0.05) is 17.7 Å². The van der Waals surface area contributed by atoms with Crippen molar-refractivity contribution >= 4 is 36.0 Å². The molecule has 26 heavy (non-hydrogen) atoms. The number of hydrogen-bond acceptors (Lipinski definition) is 4. The van der Waals surface area contributed by atoms with Gasteiger partial charge in [-0.2, -0.15) is 11.8 Å². The van der Waals surface area contributed by atoms with E-state index in [-0.39, 0.29) is 36.3 Å². The first-order valence-electron chi connectivity index (χ1n) is 8.91. The van der Waals surface area contributed by atoms with Crippen LogP contribution in [0.3, 0.4) is 0 Å². The monoisotopic (exact) mass is 399 g/mol. The molecule has 2 amide bonds. The van der Waals surface area contributed by atoms with Crippen molar-refractivity contribution in [3.63, 3.8) is 0 Å². The molecule has 1 heterocycles. The highest BCUT2D eigenvalue weighted by atomic mass is 35.5. The second kappa shape index (κ2) is 11.5. The summed E-state index contributed by atoms with van der Waals surface area (Å²) in [5.41, 5.74) is 1.62. The molecule has 1 aromatic carbocycles. The lowest BCUT2D eigenvalue weighted by Gasteiger charge is -2.32. The van der Waals surface area contributed by atoms with Gasteiger partial charge in [-0.05, 0) is 63.8 Å². The summed E-state index contributed by atoms with van der Waals surface area (Å²) >= 11 is 1.68. The number of thioether (sulfide) groups is 1. The van der Waals surface area contributed by atoms with E-state index in [0.717, 1.165) is 30.7 Å². The molecule has 0 spiro atoms. The Balaban J connectivity index is 0.00000338. The van der Waals surface area contributed by atoms with Crippen LogP contribution in [0.5, 0.6) is 0 Å². The van der Waals surface area contributed by atoms with Crippen LogP contribution in [0.1, 0.15) is 42.1 Å². The van der Waals surface area contributed by atoms with E-state index >= 15 is 0 Å². The molecular weight excluding hydrogens is 370 g/mol. The Labute approximate surface area is 166 Å². The molecule has 0 radical (unpaired) electrons. The number of piperidine rings is 1. The number of halogens is 1. The van der Waals surface area contributed by atoms with Gasteiger partial charge in [0, 0.05) is 17.6 Å². The number of carbonyl (C=O) groups is 2. The summed E-state index contributed by atoms with van der Waals surface area (Å²) in [4.78, 5) is 25.3. The minimum Gasteiger partial charge on any atom is -0.350 e. The van der Waals surface area contributed by atoms with Gasteiger partial charge in [0.1, 0.15) is 6.04 Å². The average Bonchev–Trinajstić information content (AvgIpc) is 2.60. The Kier molecular flexibility index (Phi) is 10.1. The average molecular weight is 400 g/mol. The molecule has 2 rings (SSSR count). The summed E-state index contributed by atoms with van der Waals surface area (Å²) in [6.07, 6.45) is 4.66. The van der Waals surface area contributed by atoms with Crippen LogP contribution in [0.4, 0.5) is 0 Å². The van der Waals surface area contributed by atoms with Crippen LogP contribution in [0.2, 0.25) is 0 Å². The summed E-state index contributed by atoms with van der Waals surface area (Å²) in [6, 6.07) is 7.29. The van der Waals surface area contributed by atoms with Gasteiger partial charge in [0.05, 0.1) is 0 Å². The van der Waals surface area contributed by atoms with Crippen LogP contribution < -0.4 is 16.0 Å². The van der Waals surface area contributed by atoms with E-state index < -0.39 is 6.04 Å². The van der Waals surface area contributed by atoms with Gasteiger partial charge in [0.2, 0.25) is 5.91 Å². The summed E-state index contributed by atoms with van der Waals surface area (Å²) in [6.45, 7) is 5.03. The molecular formula is C19H30ClN3O2S. The maximum absolute atomic E-state index is 12.7. The van der Waals surface area contributed by atoms with E-state index in [1.54, 1.807) is 17.8 Å². The number of amides is 2. The lowest BCUT2D eigenvalue weighted by molar-refractivity contribution is -0.124. The molecule has 146 valence electrons. The summed E-state index contributed by atoms with van der Waals surface area (Å²) in [5.74, 6) is 0.542. The van der Waals surface area contributed by atoms with Crippen LogP contribution >= 0.6 is 24.2 Å². The smallest absolute Gasteiger partial charge is 0.251 e. The molecule has 1 aliphatic heterocycles. The van der Waals surface area contributed by atoms with Gasteiger partial charge >= 0.3 is 0 Å². The van der Waals surface area contributed by atoms with Crippen molar-refractivity contribution in [2.24, 2.45) is 0 Å². The first kappa shape index (κ1) is 22.8. The Hall–Kier alpha value is -1.24. The van der Waals surface area contributed by atoms with Crippen molar-refractivity contribution in [1.29, 1.82) is 0 Å². The zero-order valence-electron chi connectivity index (χ0n) is 15.7. The molecule has 1 aliphatic rings. The highest BCUT2D eigenvalue weighted by Gasteiger charge is 2.27. The second-order valence-electron chi connectivity index (χ2n) is 6.68. The third kappa shape index (κ3) is 6.82. The third-order valence-corrected chi connectivity index (χ3v) is 5.25. The van der Waals surface area contributed by atoms with Gasteiger partial charge in [-0.15, -0.1) is 12.4 Å². The largest absolute Gasteiger partial charge is 0.350 e. The molecule has 3 N–H and O–H groups in total. The first-order valence-corrected chi connectivity index (χ1v) is 10.3. The van der Waals surface area contributed by atoms with Crippen LogP contribution in [0, 0.1) is 6.92 Å². The standard InChI is InChI=1S/C19H29N3O2S.ClH/c1-13-6-4-7-15(12-13)18(23)22-17(9-11-25-3)19(24)21-16-8-5-10-20-14(16)2;/h4,6-7,12,14,16-17,20H,5,8-11H2,1-3H3,(H,21,24)(H,22,23);1H. The number of benzene rings is 1. The van der Waals surface area contributed by atoms with Crippen molar-refractivity contribution in [3.05, 3.63) is 35.4 Å². The number of nitrogens with one attached hydrogen (secondary N) is 3. The number of carbonyl (C=O) groups excluding carboxylic acids is 2. The minimum atomic E-state index is -0.505. The van der Waals surface area contributed by atoms with Crippen molar-refractivity contribution in [3.8, 4) is 0 Å². The summed E-state index contributed by atoms with van der Waals surface area (Å²) < 4.78 is 0. The molecule has 0 aromatic heterocycles. The Morgan fingerprint density at radius 1 is 1.38 bits per heavy atom. The van der Waals surface area contributed by atoms with Crippen LogP contribution in [0.15, 0.2) is 24.3 Å². The quantitative estimate of drug-likeness (QED) is 0.658. The SMILES string of the molecule is CSCCC(NC(=O)c1cccc(C)c1)C(=O)NC1CCCNC1C.Cl. The Bertz CT molecular complexity index is 600. The molecule has 5 nitrogen and oxygen atoms in total. The molecule has 3 atom stereocenters.